The van der Waals surface area contributed by atoms with Crippen molar-refractivity contribution in [2.24, 2.45) is 0 Å². The van der Waals surface area contributed by atoms with Crippen LogP contribution in [0.25, 0.3) is 0 Å². The SMILES string of the molecule is CC(=O)NC[C@@H]1OC(=O)N2c3cc(F)c(N4[C@@H]5CC[C@H]4CSC5)cc3OC[C@@H]12. The summed E-state index contributed by atoms with van der Waals surface area (Å²) >= 11 is 1.93. The molecule has 9 heteroatoms. The smallest absolute Gasteiger partial charge is 0.415 e. The van der Waals surface area contributed by atoms with E-state index >= 15 is 4.39 Å². The third-order valence-electron chi connectivity index (χ3n) is 5.98. The molecule has 4 heterocycles. The first-order chi connectivity index (χ1) is 13.5. The summed E-state index contributed by atoms with van der Waals surface area (Å²) in [7, 11) is 0. The number of cyclic esters (lactones) is 1. The average molecular weight is 407 g/mol. The summed E-state index contributed by atoms with van der Waals surface area (Å²) < 4.78 is 26.4. The molecule has 0 spiro atoms. The highest BCUT2D eigenvalue weighted by Crippen LogP contribution is 2.45. The fraction of sp³-hybridized carbons (Fsp3) is 0.579. The summed E-state index contributed by atoms with van der Waals surface area (Å²) in [5.41, 5.74) is 0.957. The Hall–Kier alpha value is -2.16. The number of ether oxygens (including phenoxy) is 2. The van der Waals surface area contributed by atoms with Crippen molar-refractivity contribution in [3.8, 4) is 5.75 Å². The number of carbonyl (C=O) groups is 2. The number of amides is 2. The van der Waals surface area contributed by atoms with Crippen LogP contribution < -0.4 is 19.9 Å². The molecule has 4 aliphatic rings. The number of nitrogens with one attached hydrogen (secondary N) is 1. The zero-order valence-electron chi connectivity index (χ0n) is 15.5. The lowest BCUT2D eigenvalue weighted by molar-refractivity contribution is -0.119. The van der Waals surface area contributed by atoms with Crippen LogP contribution in [0, 0.1) is 5.82 Å². The Kier molecular flexibility index (Phi) is 4.30. The Balaban J connectivity index is 1.45. The van der Waals surface area contributed by atoms with E-state index in [4.69, 9.17) is 9.47 Å². The van der Waals surface area contributed by atoms with Gasteiger partial charge in [0.25, 0.3) is 0 Å². The molecule has 1 aromatic carbocycles. The third-order valence-corrected chi connectivity index (χ3v) is 7.22. The monoisotopic (exact) mass is 407 g/mol. The van der Waals surface area contributed by atoms with E-state index in [-0.39, 0.29) is 30.9 Å². The molecule has 150 valence electrons. The highest BCUT2D eigenvalue weighted by Gasteiger charge is 2.47. The largest absolute Gasteiger partial charge is 0.489 e. The number of fused-ring (bicyclic) bond motifs is 5. The van der Waals surface area contributed by atoms with Crippen molar-refractivity contribution in [3.05, 3.63) is 17.9 Å². The van der Waals surface area contributed by atoms with Gasteiger partial charge in [-0.15, -0.1) is 0 Å². The van der Waals surface area contributed by atoms with Gasteiger partial charge in [0.1, 0.15) is 30.3 Å². The van der Waals surface area contributed by atoms with Gasteiger partial charge in [0.15, 0.2) is 0 Å². The number of benzene rings is 1. The fourth-order valence-corrected chi connectivity index (χ4v) is 6.01. The lowest BCUT2D eigenvalue weighted by atomic mass is 10.1. The van der Waals surface area contributed by atoms with Crippen LogP contribution in [0.15, 0.2) is 12.1 Å². The first-order valence-corrected chi connectivity index (χ1v) is 10.7. The van der Waals surface area contributed by atoms with Crippen LogP contribution in [0.1, 0.15) is 19.8 Å². The molecule has 1 N–H and O–H groups in total. The van der Waals surface area contributed by atoms with E-state index in [0.29, 0.717) is 29.2 Å². The third kappa shape index (κ3) is 2.78. The van der Waals surface area contributed by atoms with Crippen LogP contribution in [0.2, 0.25) is 0 Å². The Morgan fingerprint density at radius 2 is 2.04 bits per heavy atom. The van der Waals surface area contributed by atoms with Crippen molar-refractivity contribution in [2.75, 3.05) is 34.5 Å². The van der Waals surface area contributed by atoms with Crippen LogP contribution in [-0.2, 0) is 9.53 Å². The van der Waals surface area contributed by atoms with Gasteiger partial charge in [-0.05, 0) is 12.8 Å². The predicted octanol–water partition coefficient (Wildman–Crippen LogP) is 2.13. The molecule has 0 aliphatic carbocycles. The van der Waals surface area contributed by atoms with E-state index in [0.717, 1.165) is 24.3 Å². The molecule has 3 saturated heterocycles. The number of hydrogen-bond acceptors (Lipinski definition) is 6. The molecule has 5 rings (SSSR count). The number of rotatable bonds is 3. The fourth-order valence-electron chi connectivity index (χ4n) is 4.68. The van der Waals surface area contributed by atoms with Crippen LogP contribution in [-0.4, -0.2) is 60.9 Å². The van der Waals surface area contributed by atoms with Crippen LogP contribution in [0.5, 0.6) is 5.75 Å². The standard InChI is InChI=1S/C19H22FN3O4S/c1-10(24)21-6-18-16-7-26-17-5-14(22-11-2-3-12(22)9-28-8-11)13(20)4-15(17)23(16)19(25)27-18/h4-5,11-12,16,18H,2-3,6-9H2,1H3,(H,21,24)/t11-,12+,16-,18-/m0/s1. The quantitative estimate of drug-likeness (QED) is 0.828. The normalized spacial score (nSPS) is 30.4. The van der Waals surface area contributed by atoms with Crippen molar-refractivity contribution >= 4 is 35.1 Å². The molecule has 4 atom stereocenters. The second-order valence-corrected chi connectivity index (χ2v) is 8.78. The zero-order chi connectivity index (χ0) is 19.4. The minimum absolute atomic E-state index is 0.198. The first kappa shape index (κ1) is 17.9. The van der Waals surface area contributed by atoms with Crippen molar-refractivity contribution < 1.29 is 23.5 Å². The van der Waals surface area contributed by atoms with Gasteiger partial charge in [-0.3, -0.25) is 9.69 Å². The second kappa shape index (κ2) is 6.72. The minimum Gasteiger partial charge on any atom is -0.489 e. The molecule has 3 fully saturated rings. The van der Waals surface area contributed by atoms with E-state index in [9.17, 15) is 9.59 Å². The average Bonchev–Trinajstić information content (AvgIpc) is 3.11. The van der Waals surface area contributed by atoms with Gasteiger partial charge in [-0.1, -0.05) is 0 Å². The van der Waals surface area contributed by atoms with Crippen LogP contribution >= 0.6 is 11.8 Å². The lowest BCUT2D eigenvalue weighted by Crippen LogP contribution is -2.48. The maximum atomic E-state index is 15.1. The summed E-state index contributed by atoms with van der Waals surface area (Å²) in [6, 6.07) is 3.44. The molecule has 4 aliphatic heterocycles. The van der Waals surface area contributed by atoms with E-state index in [1.165, 1.54) is 17.9 Å². The molecule has 0 saturated carbocycles. The highest BCUT2D eigenvalue weighted by atomic mass is 32.2. The van der Waals surface area contributed by atoms with E-state index in [2.05, 4.69) is 10.2 Å². The van der Waals surface area contributed by atoms with Gasteiger partial charge in [0.2, 0.25) is 5.91 Å². The summed E-state index contributed by atoms with van der Waals surface area (Å²) in [5, 5.41) is 2.66. The maximum Gasteiger partial charge on any atom is 0.415 e. The topological polar surface area (TPSA) is 71.1 Å². The summed E-state index contributed by atoms with van der Waals surface area (Å²) in [5.74, 6) is 1.99. The minimum atomic E-state index is -0.536. The first-order valence-electron chi connectivity index (χ1n) is 9.59. The van der Waals surface area contributed by atoms with Gasteiger partial charge >= 0.3 is 6.09 Å². The second-order valence-electron chi connectivity index (χ2n) is 7.71. The van der Waals surface area contributed by atoms with Gasteiger partial charge in [-0.2, -0.15) is 11.8 Å². The van der Waals surface area contributed by atoms with Crippen molar-refractivity contribution in [1.29, 1.82) is 0 Å². The summed E-state index contributed by atoms with van der Waals surface area (Å²) in [6.45, 7) is 1.86. The number of nitrogens with zero attached hydrogens (tertiary/aromatic N) is 2. The van der Waals surface area contributed by atoms with Crippen LogP contribution in [0.4, 0.5) is 20.6 Å². The summed E-state index contributed by atoms with van der Waals surface area (Å²) in [4.78, 5) is 27.3. The number of anilines is 2. The molecule has 2 bridgehead atoms. The number of halogens is 1. The zero-order valence-corrected chi connectivity index (χ0v) is 16.3. The molecule has 2 amide bonds. The number of thioether (sulfide) groups is 1. The van der Waals surface area contributed by atoms with E-state index in [1.807, 2.05) is 11.8 Å². The van der Waals surface area contributed by atoms with E-state index < -0.39 is 12.2 Å². The Morgan fingerprint density at radius 1 is 1.29 bits per heavy atom. The van der Waals surface area contributed by atoms with Crippen molar-refractivity contribution in [1.82, 2.24) is 5.32 Å². The van der Waals surface area contributed by atoms with Gasteiger partial charge in [-0.25, -0.2) is 9.18 Å². The highest BCUT2D eigenvalue weighted by molar-refractivity contribution is 7.99. The van der Waals surface area contributed by atoms with Gasteiger partial charge in [0.05, 0.1) is 17.9 Å². The molecular formula is C19H22FN3O4S. The van der Waals surface area contributed by atoms with Gasteiger partial charge < -0.3 is 19.7 Å². The molecular weight excluding hydrogens is 385 g/mol. The van der Waals surface area contributed by atoms with Crippen molar-refractivity contribution in [2.45, 2.75) is 44.0 Å². The number of carbonyl (C=O) groups excluding carboxylic acids is 2. The Labute approximate surface area is 166 Å². The number of hydrogen-bond donors (Lipinski definition) is 1. The predicted molar refractivity (Wildman–Crippen MR) is 104 cm³/mol. The van der Waals surface area contributed by atoms with E-state index in [1.54, 1.807) is 6.07 Å². The molecule has 28 heavy (non-hydrogen) atoms. The summed E-state index contributed by atoms with van der Waals surface area (Å²) in [6.07, 6.45) is 1.11. The molecule has 7 nitrogen and oxygen atoms in total. The van der Waals surface area contributed by atoms with Gasteiger partial charge in [0, 0.05) is 42.6 Å². The Morgan fingerprint density at radius 3 is 2.75 bits per heavy atom. The Bertz CT molecular complexity index is 822. The van der Waals surface area contributed by atoms with Crippen molar-refractivity contribution in [3.63, 3.8) is 0 Å². The molecule has 0 aromatic heterocycles. The molecule has 1 aromatic rings. The van der Waals surface area contributed by atoms with Crippen LogP contribution in [0.3, 0.4) is 0 Å². The lowest BCUT2D eigenvalue weighted by Gasteiger charge is -2.38. The maximum absolute atomic E-state index is 15.1. The molecule has 0 radical (unpaired) electrons. The molecule has 0 unspecified atom stereocenters.